The van der Waals surface area contributed by atoms with Crippen molar-refractivity contribution in [3.63, 3.8) is 0 Å². The molecule has 0 aliphatic heterocycles. The topological polar surface area (TPSA) is 62.5 Å². The molecule has 1 aromatic heterocycles. The molecule has 1 aromatic carbocycles. The second-order valence-electron chi connectivity index (χ2n) is 3.89. The van der Waals surface area contributed by atoms with E-state index in [4.69, 9.17) is 4.42 Å². The zero-order valence-electron chi connectivity index (χ0n) is 9.65. The van der Waals surface area contributed by atoms with E-state index >= 15 is 0 Å². The van der Waals surface area contributed by atoms with Crippen molar-refractivity contribution in [2.75, 3.05) is 5.32 Å². The van der Waals surface area contributed by atoms with Crippen molar-refractivity contribution in [3.8, 4) is 5.75 Å². The van der Waals surface area contributed by atoms with Crippen LogP contribution in [0.2, 0.25) is 0 Å². The van der Waals surface area contributed by atoms with Crippen LogP contribution in [0.5, 0.6) is 5.75 Å². The van der Waals surface area contributed by atoms with Crippen molar-refractivity contribution in [1.82, 2.24) is 0 Å². The number of phenolic OH excluding ortho intramolecular Hbond substituents is 1. The predicted molar refractivity (Wildman–Crippen MR) is 64.2 cm³/mol. The summed E-state index contributed by atoms with van der Waals surface area (Å²) in [4.78, 5) is 11.8. The van der Waals surface area contributed by atoms with E-state index in [1.165, 1.54) is 12.3 Å². The first-order valence-corrected chi connectivity index (χ1v) is 5.23. The van der Waals surface area contributed by atoms with Crippen LogP contribution < -0.4 is 5.32 Å². The van der Waals surface area contributed by atoms with E-state index in [-0.39, 0.29) is 17.4 Å². The quantitative estimate of drug-likeness (QED) is 0.835. The van der Waals surface area contributed by atoms with Crippen LogP contribution in [0.15, 0.2) is 34.9 Å². The van der Waals surface area contributed by atoms with Gasteiger partial charge in [0.15, 0.2) is 5.76 Å². The molecule has 1 heterocycles. The third kappa shape index (κ3) is 2.30. The van der Waals surface area contributed by atoms with Gasteiger partial charge in [-0.05, 0) is 31.5 Å². The molecule has 88 valence electrons. The Balaban J connectivity index is 2.19. The van der Waals surface area contributed by atoms with E-state index in [1.54, 1.807) is 32.0 Å². The molecule has 4 heteroatoms. The van der Waals surface area contributed by atoms with Crippen molar-refractivity contribution in [3.05, 3.63) is 47.4 Å². The number of amides is 1. The third-order valence-corrected chi connectivity index (χ3v) is 2.54. The lowest BCUT2D eigenvalue weighted by Crippen LogP contribution is -2.11. The highest BCUT2D eigenvalue weighted by Crippen LogP contribution is 2.21. The van der Waals surface area contributed by atoms with Gasteiger partial charge in [0.1, 0.15) is 5.75 Å². The zero-order valence-corrected chi connectivity index (χ0v) is 9.65. The zero-order chi connectivity index (χ0) is 12.4. The fourth-order valence-corrected chi connectivity index (χ4v) is 1.48. The Morgan fingerprint density at radius 1 is 1.24 bits per heavy atom. The minimum Gasteiger partial charge on any atom is -0.508 e. The molecule has 0 aliphatic carbocycles. The molecule has 17 heavy (non-hydrogen) atoms. The van der Waals surface area contributed by atoms with E-state index in [0.717, 1.165) is 11.1 Å². The fourth-order valence-electron chi connectivity index (χ4n) is 1.48. The van der Waals surface area contributed by atoms with Crippen molar-refractivity contribution >= 4 is 11.6 Å². The third-order valence-electron chi connectivity index (χ3n) is 2.54. The highest BCUT2D eigenvalue weighted by atomic mass is 16.3. The van der Waals surface area contributed by atoms with E-state index < -0.39 is 0 Å². The lowest BCUT2D eigenvalue weighted by atomic mass is 10.2. The molecular weight excluding hydrogens is 218 g/mol. The summed E-state index contributed by atoms with van der Waals surface area (Å²) in [6.07, 6.45) is 1.47. The van der Waals surface area contributed by atoms with Crippen molar-refractivity contribution < 1.29 is 14.3 Å². The Morgan fingerprint density at radius 2 is 2.00 bits per heavy atom. The number of carbonyl (C=O) groups excluding carboxylic acids is 1. The average Bonchev–Trinajstić information content (AvgIpc) is 2.70. The smallest absolute Gasteiger partial charge is 0.291 e. The van der Waals surface area contributed by atoms with Crippen LogP contribution in [0, 0.1) is 13.8 Å². The van der Waals surface area contributed by atoms with Crippen LogP contribution in [0.1, 0.15) is 21.7 Å². The van der Waals surface area contributed by atoms with Gasteiger partial charge in [0.2, 0.25) is 0 Å². The summed E-state index contributed by atoms with van der Waals surface area (Å²) in [5, 5.41) is 12.2. The van der Waals surface area contributed by atoms with Crippen LogP contribution in [-0.4, -0.2) is 11.0 Å². The Bertz CT molecular complexity index is 558. The molecule has 0 bridgehead atoms. The fraction of sp³-hybridized carbons (Fsp3) is 0.154. The molecule has 0 radical (unpaired) electrons. The molecule has 0 saturated carbocycles. The van der Waals surface area contributed by atoms with Crippen LogP contribution in [-0.2, 0) is 0 Å². The summed E-state index contributed by atoms with van der Waals surface area (Å²) in [5.74, 6) is 0.111. The van der Waals surface area contributed by atoms with Gasteiger partial charge in [-0.25, -0.2) is 0 Å². The molecule has 2 rings (SSSR count). The molecule has 0 atom stereocenters. The van der Waals surface area contributed by atoms with Gasteiger partial charge < -0.3 is 14.8 Å². The van der Waals surface area contributed by atoms with E-state index in [1.807, 2.05) is 0 Å². The van der Waals surface area contributed by atoms with Crippen molar-refractivity contribution in [2.45, 2.75) is 13.8 Å². The van der Waals surface area contributed by atoms with Crippen LogP contribution in [0.25, 0.3) is 0 Å². The lowest BCUT2D eigenvalue weighted by molar-refractivity contribution is 0.0996. The molecule has 1 amide bonds. The molecule has 0 fully saturated rings. The molecule has 0 spiro atoms. The van der Waals surface area contributed by atoms with Gasteiger partial charge in [0.25, 0.3) is 5.91 Å². The molecule has 4 nitrogen and oxygen atoms in total. The van der Waals surface area contributed by atoms with Gasteiger partial charge in [-0.2, -0.15) is 0 Å². The summed E-state index contributed by atoms with van der Waals surface area (Å²) < 4.78 is 5.08. The molecule has 0 unspecified atom stereocenters. The number of anilines is 1. The SMILES string of the molecule is Cc1ccc(NC(=O)c2occc2C)cc1O. The van der Waals surface area contributed by atoms with E-state index in [2.05, 4.69) is 5.32 Å². The Kier molecular flexibility index (Phi) is 2.87. The van der Waals surface area contributed by atoms with E-state index in [9.17, 15) is 9.90 Å². The summed E-state index contributed by atoms with van der Waals surface area (Å²) in [7, 11) is 0. The maximum Gasteiger partial charge on any atom is 0.291 e. The number of nitrogens with one attached hydrogen (secondary N) is 1. The molecular formula is C13H13NO3. The monoisotopic (exact) mass is 231 g/mol. The number of hydrogen-bond donors (Lipinski definition) is 2. The first-order chi connectivity index (χ1) is 8.08. The summed E-state index contributed by atoms with van der Waals surface area (Å²) in [5.41, 5.74) is 2.07. The second kappa shape index (κ2) is 4.33. The van der Waals surface area contributed by atoms with Gasteiger partial charge >= 0.3 is 0 Å². The summed E-state index contributed by atoms with van der Waals surface area (Å²) in [6, 6.07) is 6.69. The number of phenols is 1. The predicted octanol–water partition coefficient (Wildman–Crippen LogP) is 2.85. The minimum absolute atomic E-state index is 0.152. The molecule has 0 saturated heterocycles. The summed E-state index contributed by atoms with van der Waals surface area (Å²) in [6.45, 7) is 3.59. The van der Waals surface area contributed by atoms with Gasteiger partial charge in [0.05, 0.1) is 6.26 Å². The number of furan rings is 1. The molecule has 0 aliphatic rings. The molecule has 2 N–H and O–H groups in total. The standard InChI is InChI=1S/C13H13NO3/c1-8-3-4-10(7-11(8)15)14-13(16)12-9(2)5-6-17-12/h3-7,15H,1-2H3,(H,14,16). The highest BCUT2D eigenvalue weighted by Gasteiger charge is 2.12. The normalized spacial score (nSPS) is 10.2. The number of carbonyl (C=O) groups is 1. The van der Waals surface area contributed by atoms with Gasteiger partial charge in [-0.1, -0.05) is 6.07 Å². The first kappa shape index (κ1) is 11.3. The van der Waals surface area contributed by atoms with Gasteiger partial charge in [-0.3, -0.25) is 4.79 Å². The van der Waals surface area contributed by atoms with Gasteiger partial charge in [0, 0.05) is 17.3 Å². The highest BCUT2D eigenvalue weighted by molar-refractivity contribution is 6.03. The minimum atomic E-state index is -0.323. The maximum atomic E-state index is 11.8. The molecule has 2 aromatic rings. The number of aryl methyl sites for hydroxylation is 2. The lowest BCUT2D eigenvalue weighted by Gasteiger charge is -2.05. The second-order valence-corrected chi connectivity index (χ2v) is 3.89. The Hall–Kier alpha value is -2.23. The van der Waals surface area contributed by atoms with Gasteiger partial charge in [-0.15, -0.1) is 0 Å². The van der Waals surface area contributed by atoms with E-state index in [0.29, 0.717) is 5.69 Å². The largest absolute Gasteiger partial charge is 0.508 e. The van der Waals surface area contributed by atoms with Crippen molar-refractivity contribution in [1.29, 1.82) is 0 Å². The Labute approximate surface area is 98.9 Å². The summed E-state index contributed by atoms with van der Waals surface area (Å²) >= 11 is 0. The van der Waals surface area contributed by atoms with Crippen LogP contribution >= 0.6 is 0 Å². The number of aromatic hydroxyl groups is 1. The number of rotatable bonds is 2. The van der Waals surface area contributed by atoms with Crippen LogP contribution in [0.4, 0.5) is 5.69 Å². The average molecular weight is 231 g/mol. The van der Waals surface area contributed by atoms with Crippen molar-refractivity contribution in [2.24, 2.45) is 0 Å². The first-order valence-electron chi connectivity index (χ1n) is 5.23. The van der Waals surface area contributed by atoms with Crippen LogP contribution in [0.3, 0.4) is 0 Å². The number of hydrogen-bond acceptors (Lipinski definition) is 3. The Morgan fingerprint density at radius 3 is 2.59 bits per heavy atom. The maximum absolute atomic E-state index is 11.8. The number of benzene rings is 1.